The minimum absolute atomic E-state index is 0.216. The Morgan fingerprint density at radius 2 is 1.59 bits per heavy atom. The highest BCUT2D eigenvalue weighted by molar-refractivity contribution is 5.72. The summed E-state index contributed by atoms with van der Waals surface area (Å²) >= 11 is 0. The Labute approximate surface area is 239 Å². The van der Waals surface area contributed by atoms with Crippen LogP contribution in [0.3, 0.4) is 0 Å². The number of rotatable bonds is 15. The van der Waals surface area contributed by atoms with Gasteiger partial charge in [0.2, 0.25) is 0 Å². The number of fused-ring (bicyclic) bond motifs is 1. The number of benzene rings is 3. The van der Waals surface area contributed by atoms with Crippen LogP contribution in [0.15, 0.2) is 66.7 Å². The third kappa shape index (κ3) is 9.30. The van der Waals surface area contributed by atoms with Gasteiger partial charge < -0.3 is 29.0 Å². The number of nitrogens with zero attached hydrogens (tertiary/aromatic N) is 1. The average molecular weight is 566 g/mol. The highest BCUT2D eigenvalue weighted by Crippen LogP contribution is 2.26. The van der Waals surface area contributed by atoms with Gasteiger partial charge in [0.25, 0.3) is 0 Å². The van der Waals surface area contributed by atoms with Crippen LogP contribution in [0, 0.1) is 5.82 Å². The fraction of sp³-hybridized carbons (Fsp3) is 0.375. The molecule has 0 saturated heterocycles. The van der Waals surface area contributed by atoms with E-state index in [1.54, 1.807) is 43.3 Å². The lowest BCUT2D eigenvalue weighted by Crippen LogP contribution is -2.39. The Morgan fingerprint density at radius 3 is 2.32 bits per heavy atom. The van der Waals surface area contributed by atoms with Gasteiger partial charge in [0.1, 0.15) is 23.9 Å². The van der Waals surface area contributed by atoms with Gasteiger partial charge in [0.05, 0.1) is 19.8 Å². The van der Waals surface area contributed by atoms with E-state index in [2.05, 4.69) is 0 Å². The average Bonchev–Trinajstić information content (AvgIpc) is 3.44. The normalized spacial score (nSPS) is 12.9. The minimum Gasteiger partial charge on any atom is -0.492 e. The first kappa shape index (κ1) is 30.0. The van der Waals surface area contributed by atoms with Crippen molar-refractivity contribution in [3.8, 4) is 11.5 Å². The van der Waals surface area contributed by atoms with Crippen molar-refractivity contribution in [2.75, 3.05) is 32.9 Å². The molecule has 0 spiro atoms. The van der Waals surface area contributed by atoms with E-state index in [9.17, 15) is 19.1 Å². The molecule has 1 amide bonds. The zero-order valence-electron chi connectivity index (χ0n) is 23.2. The first-order chi connectivity index (χ1) is 19.9. The summed E-state index contributed by atoms with van der Waals surface area (Å²) in [5.41, 5.74) is 4.16. The highest BCUT2D eigenvalue weighted by Gasteiger charge is 2.19. The summed E-state index contributed by atoms with van der Waals surface area (Å²) in [5.74, 6) is -0.202. The Hall–Kier alpha value is -3.95. The fourth-order valence-electron chi connectivity index (χ4n) is 4.65. The van der Waals surface area contributed by atoms with Gasteiger partial charge in [0.15, 0.2) is 6.10 Å². The number of carboxylic acid groups (broad SMARTS) is 1. The van der Waals surface area contributed by atoms with E-state index in [4.69, 9.17) is 18.9 Å². The van der Waals surface area contributed by atoms with E-state index >= 15 is 0 Å². The zero-order valence-corrected chi connectivity index (χ0v) is 23.2. The predicted molar refractivity (Wildman–Crippen MR) is 151 cm³/mol. The molecule has 3 aromatic rings. The van der Waals surface area contributed by atoms with Crippen molar-refractivity contribution >= 4 is 12.1 Å². The Kier molecular flexibility index (Phi) is 11.1. The van der Waals surface area contributed by atoms with Gasteiger partial charge in [-0.05, 0) is 84.8 Å². The summed E-state index contributed by atoms with van der Waals surface area (Å²) in [4.78, 5) is 26.0. The molecule has 0 heterocycles. The number of carbonyl (C=O) groups excluding carboxylic acids is 1. The first-order valence-corrected chi connectivity index (χ1v) is 13.9. The van der Waals surface area contributed by atoms with Gasteiger partial charge in [-0.2, -0.15) is 0 Å². The third-order valence-electron chi connectivity index (χ3n) is 6.84. The van der Waals surface area contributed by atoms with Crippen molar-refractivity contribution in [3.05, 3.63) is 94.8 Å². The lowest BCUT2D eigenvalue weighted by Gasteiger charge is -2.22. The van der Waals surface area contributed by atoms with Crippen LogP contribution in [0.1, 0.15) is 35.6 Å². The smallest absolute Gasteiger partial charge is 0.415 e. The summed E-state index contributed by atoms with van der Waals surface area (Å²) in [5, 5.41) is 9.30. The minimum atomic E-state index is -0.999. The Bertz CT molecular complexity index is 1280. The molecule has 0 radical (unpaired) electrons. The standard InChI is InChI=1S/C32H36FNO7/c1-2-39-30(31(35)36)20-23-8-13-28(14-9-23)40-19-17-34(16-18-38-22-24-6-11-27(33)12-7-24)32(37)41-29-15-10-25-4-3-5-26(25)21-29/h6-15,21,30H,2-5,16-20,22H2,1H3,(H,35,36). The van der Waals surface area contributed by atoms with Gasteiger partial charge in [-0.15, -0.1) is 0 Å². The predicted octanol–water partition coefficient (Wildman–Crippen LogP) is 5.44. The molecule has 1 aliphatic rings. The number of hydrogen-bond acceptors (Lipinski definition) is 6. The number of aryl methyl sites for hydroxylation is 2. The van der Waals surface area contributed by atoms with Crippen molar-refractivity contribution in [3.63, 3.8) is 0 Å². The molecular weight excluding hydrogens is 529 g/mol. The first-order valence-electron chi connectivity index (χ1n) is 13.9. The molecule has 0 bridgehead atoms. The number of halogens is 1. The quantitative estimate of drug-likeness (QED) is 0.245. The molecule has 1 atom stereocenters. The van der Waals surface area contributed by atoms with E-state index in [1.165, 1.54) is 28.2 Å². The van der Waals surface area contributed by atoms with Gasteiger partial charge in [0, 0.05) is 19.6 Å². The van der Waals surface area contributed by atoms with Crippen LogP contribution in [0.25, 0.3) is 0 Å². The van der Waals surface area contributed by atoms with Crippen molar-refractivity contribution in [2.45, 2.75) is 45.3 Å². The molecule has 0 saturated carbocycles. The molecule has 0 aliphatic heterocycles. The Morgan fingerprint density at radius 1 is 0.902 bits per heavy atom. The molecule has 218 valence electrons. The number of ether oxygens (including phenoxy) is 4. The maximum absolute atomic E-state index is 13.2. The van der Waals surface area contributed by atoms with Crippen LogP contribution in [0.2, 0.25) is 0 Å². The fourth-order valence-corrected chi connectivity index (χ4v) is 4.65. The molecule has 0 aromatic heterocycles. The topological polar surface area (TPSA) is 94.5 Å². The number of aliphatic carboxylic acids is 1. The van der Waals surface area contributed by atoms with E-state index in [0.717, 1.165) is 30.4 Å². The molecule has 3 aromatic carbocycles. The van der Waals surface area contributed by atoms with Crippen LogP contribution >= 0.6 is 0 Å². The van der Waals surface area contributed by atoms with E-state index in [1.807, 2.05) is 18.2 Å². The van der Waals surface area contributed by atoms with Crippen LogP contribution in [-0.2, 0) is 40.1 Å². The van der Waals surface area contributed by atoms with Crippen molar-refractivity contribution in [1.82, 2.24) is 4.90 Å². The van der Waals surface area contributed by atoms with Crippen molar-refractivity contribution in [2.24, 2.45) is 0 Å². The molecule has 9 heteroatoms. The maximum atomic E-state index is 13.2. The second-order valence-corrected chi connectivity index (χ2v) is 9.80. The number of amides is 1. The van der Waals surface area contributed by atoms with Crippen LogP contribution in [0.4, 0.5) is 9.18 Å². The molecule has 1 aliphatic carbocycles. The molecule has 41 heavy (non-hydrogen) atoms. The van der Waals surface area contributed by atoms with Gasteiger partial charge in [-0.1, -0.05) is 30.3 Å². The maximum Gasteiger partial charge on any atom is 0.415 e. The lowest BCUT2D eigenvalue weighted by molar-refractivity contribution is -0.149. The monoisotopic (exact) mass is 565 g/mol. The highest BCUT2D eigenvalue weighted by atomic mass is 19.1. The molecule has 4 rings (SSSR count). The van der Waals surface area contributed by atoms with Crippen LogP contribution < -0.4 is 9.47 Å². The number of carboxylic acids is 1. The number of hydrogen-bond donors (Lipinski definition) is 1. The van der Waals surface area contributed by atoms with Crippen molar-refractivity contribution in [1.29, 1.82) is 0 Å². The lowest BCUT2D eigenvalue weighted by atomic mass is 10.1. The summed E-state index contributed by atoms with van der Waals surface area (Å²) in [6, 6.07) is 19.0. The van der Waals surface area contributed by atoms with Gasteiger partial charge in [-0.25, -0.2) is 14.0 Å². The summed E-state index contributed by atoms with van der Waals surface area (Å²) in [7, 11) is 0. The summed E-state index contributed by atoms with van der Waals surface area (Å²) < 4.78 is 35.7. The molecule has 0 fully saturated rings. The summed E-state index contributed by atoms with van der Waals surface area (Å²) in [6.45, 7) is 3.39. The van der Waals surface area contributed by atoms with Crippen LogP contribution in [0.5, 0.6) is 11.5 Å². The largest absolute Gasteiger partial charge is 0.492 e. The third-order valence-corrected chi connectivity index (χ3v) is 6.84. The Balaban J connectivity index is 1.31. The van der Waals surface area contributed by atoms with E-state index < -0.39 is 18.2 Å². The van der Waals surface area contributed by atoms with E-state index in [0.29, 0.717) is 24.7 Å². The molecule has 1 unspecified atom stereocenters. The zero-order chi connectivity index (χ0) is 29.0. The van der Waals surface area contributed by atoms with Gasteiger partial charge in [-0.3, -0.25) is 0 Å². The van der Waals surface area contributed by atoms with Crippen molar-refractivity contribution < 1.29 is 38.0 Å². The number of carbonyl (C=O) groups is 2. The molecule has 8 nitrogen and oxygen atoms in total. The second kappa shape index (κ2) is 15.2. The van der Waals surface area contributed by atoms with Crippen LogP contribution in [-0.4, -0.2) is 61.1 Å². The van der Waals surface area contributed by atoms with Gasteiger partial charge >= 0.3 is 12.1 Å². The van der Waals surface area contributed by atoms with E-state index in [-0.39, 0.29) is 38.5 Å². The molecular formula is C32H36FNO7. The summed E-state index contributed by atoms with van der Waals surface area (Å²) in [6.07, 6.45) is 1.99. The second-order valence-electron chi connectivity index (χ2n) is 9.80. The molecule has 1 N–H and O–H groups in total. The SMILES string of the molecule is CCOC(Cc1ccc(OCCN(CCOCc2ccc(F)cc2)C(=O)Oc2ccc3c(c2)CCC3)cc1)C(=O)O.